The average molecular weight is 432 g/mol. The van der Waals surface area contributed by atoms with Crippen LogP contribution in [-0.2, 0) is 16.1 Å². The first kappa shape index (κ1) is 23.0. The monoisotopic (exact) mass is 432 g/mol. The summed E-state index contributed by atoms with van der Waals surface area (Å²) in [4.78, 5) is 26.9. The van der Waals surface area contributed by atoms with Crippen LogP contribution in [0.3, 0.4) is 0 Å². The third-order valence-electron chi connectivity index (χ3n) is 5.29. The van der Waals surface area contributed by atoms with Crippen LogP contribution in [0, 0.1) is 17.1 Å². The van der Waals surface area contributed by atoms with E-state index in [4.69, 9.17) is 4.74 Å². The number of hydrogen-bond donors (Lipinski definition) is 0. The van der Waals surface area contributed by atoms with Gasteiger partial charge in [-0.25, -0.2) is 4.39 Å². The number of hydrogen-bond acceptors (Lipinski definition) is 4. The van der Waals surface area contributed by atoms with Crippen molar-refractivity contribution in [1.29, 1.82) is 5.26 Å². The Kier molecular flexibility index (Phi) is 7.56. The third-order valence-corrected chi connectivity index (χ3v) is 5.29. The summed E-state index contributed by atoms with van der Waals surface area (Å²) in [6, 6.07) is 14.8. The van der Waals surface area contributed by atoms with E-state index in [0.29, 0.717) is 17.7 Å². The molecule has 0 N–H and O–H groups in total. The van der Waals surface area contributed by atoms with Crippen molar-refractivity contribution in [2.24, 2.45) is 0 Å². The third kappa shape index (κ3) is 5.30. The maximum atomic E-state index is 13.2. The number of imide groups is 1. The van der Waals surface area contributed by atoms with Gasteiger partial charge in [-0.1, -0.05) is 44.0 Å². The van der Waals surface area contributed by atoms with Crippen LogP contribution in [0.25, 0.3) is 6.08 Å². The predicted molar refractivity (Wildman–Crippen MR) is 120 cm³/mol. The quantitative estimate of drug-likeness (QED) is 0.327. The second kappa shape index (κ2) is 10.5. The molecule has 164 valence electrons. The molecule has 32 heavy (non-hydrogen) atoms. The van der Waals surface area contributed by atoms with Gasteiger partial charge in [0.2, 0.25) is 0 Å². The largest absolute Gasteiger partial charge is 0.494 e. The summed E-state index contributed by atoms with van der Waals surface area (Å²) in [7, 11) is 0. The zero-order chi connectivity index (χ0) is 23.1. The van der Waals surface area contributed by atoms with Crippen molar-refractivity contribution in [3.8, 4) is 11.8 Å². The second-order valence-corrected chi connectivity index (χ2v) is 7.62. The molecular formula is C26H25FN2O3. The van der Waals surface area contributed by atoms with Gasteiger partial charge in [-0.3, -0.25) is 14.5 Å². The summed E-state index contributed by atoms with van der Waals surface area (Å²) in [5.74, 6) is -0.795. The highest BCUT2D eigenvalue weighted by molar-refractivity contribution is 6.19. The Hall–Kier alpha value is -3.72. The number of nitriles is 1. The number of nitrogens with zero attached hydrogens (tertiary/aromatic N) is 2. The minimum atomic E-state index is -0.646. The van der Waals surface area contributed by atoms with E-state index in [0.717, 1.165) is 35.5 Å². The Morgan fingerprint density at radius 3 is 2.34 bits per heavy atom. The minimum Gasteiger partial charge on any atom is -0.494 e. The zero-order valence-electron chi connectivity index (χ0n) is 18.2. The molecule has 2 aromatic rings. The van der Waals surface area contributed by atoms with Crippen LogP contribution in [-0.4, -0.2) is 23.3 Å². The Bertz CT molecular complexity index is 1090. The predicted octanol–water partition coefficient (Wildman–Crippen LogP) is 5.19. The van der Waals surface area contributed by atoms with Crippen LogP contribution in [0.5, 0.6) is 5.75 Å². The summed E-state index contributed by atoms with van der Waals surface area (Å²) in [5, 5.41) is 9.52. The van der Waals surface area contributed by atoms with Gasteiger partial charge in [-0.2, -0.15) is 5.26 Å². The first-order chi connectivity index (χ1) is 15.4. The van der Waals surface area contributed by atoms with Crippen molar-refractivity contribution < 1.29 is 18.7 Å². The molecule has 5 nitrogen and oxygen atoms in total. The molecule has 0 saturated carbocycles. The lowest BCUT2D eigenvalue weighted by atomic mass is 9.93. The number of rotatable bonds is 8. The fourth-order valence-corrected chi connectivity index (χ4v) is 3.41. The van der Waals surface area contributed by atoms with Crippen molar-refractivity contribution in [3.63, 3.8) is 0 Å². The van der Waals surface area contributed by atoms with E-state index in [1.165, 1.54) is 24.3 Å². The molecule has 0 aromatic heterocycles. The van der Waals surface area contributed by atoms with Gasteiger partial charge in [0.1, 0.15) is 23.2 Å². The molecule has 0 fully saturated rings. The van der Waals surface area contributed by atoms with E-state index in [1.807, 2.05) is 30.3 Å². The van der Waals surface area contributed by atoms with Gasteiger partial charge in [0.05, 0.1) is 13.2 Å². The highest BCUT2D eigenvalue weighted by Crippen LogP contribution is 2.28. The second-order valence-electron chi connectivity index (χ2n) is 7.62. The normalized spacial score (nSPS) is 15.3. The lowest BCUT2D eigenvalue weighted by Gasteiger charge is -2.27. The SMILES string of the molecule is CCCCCOc1ccc(/C=C2/C(=O)N(Cc3ccc(F)cc3)C(=O)C(C#N)=C2C)cc1. The van der Waals surface area contributed by atoms with Crippen molar-refractivity contribution in [2.75, 3.05) is 6.61 Å². The zero-order valence-corrected chi connectivity index (χ0v) is 18.2. The molecule has 1 aliphatic heterocycles. The van der Waals surface area contributed by atoms with Crippen molar-refractivity contribution in [1.82, 2.24) is 4.90 Å². The molecule has 0 unspecified atom stereocenters. The number of unbranched alkanes of at least 4 members (excludes halogenated alkanes) is 2. The van der Waals surface area contributed by atoms with Gasteiger partial charge in [-0.15, -0.1) is 0 Å². The fourth-order valence-electron chi connectivity index (χ4n) is 3.41. The first-order valence-electron chi connectivity index (χ1n) is 10.6. The van der Waals surface area contributed by atoms with Gasteiger partial charge in [-0.05, 0) is 60.4 Å². The summed E-state index contributed by atoms with van der Waals surface area (Å²) < 4.78 is 18.9. The molecule has 1 heterocycles. The van der Waals surface area contributed by atoms with Crippen LogP contribution in [0.15, 0.2) is 65.3 Å². The van der Waals surface area contributed by atoms with Crippen molar-refractivity contribution >= 4 is 17.9 Å². The molecule has 2 aromatic carbocycles. The maximum Gasteiger partial charge on any atom is 0.271 e. The molecule has 6 heteroatoms. The molecule has 0 bridgehead atoms. The van der Waals surface area contributed by atoms with Crippen molar-refractivity contribution in [2.45, 2.75) is 39.7 Å². The first-order valence-corrected chi connectivity index (χ1v) is 10.6. The number of amides is 2. The number of ether oxygens (including phenoxy) is 1. The van der Waals surface area contributed by atoms with E-state index in [1.54, 1.807) is 13.0 Å². The summed E-state index contributed by atoms with van der Waals surface area (Å²) in [5.41, 5.74) is 1.89. The molecule has 0 spiro atoms. The van der Waals surface area contributed by atoms with Gasteiger partial charge < -0.3 is 4.74 Å². The van der Waals surface area contributed by atoms with Crippen LogP contribution in [0.2, 0.25) is 0 Å². The van der Waals surface area contributed by atoms with E-state index < -0.39 is 17.6 Å². The van der Waals surface area contributed by atoms with Gasteiger partial charge >= 0.3 is 0 Å². The molecule has 1 aliphatic rings. The van der Waals surface area contributed by atoms with Crippen LogP contribution >= 0.6 is 0 Å². The highest BCUT2D eigenvalue weighted by Gasteiger charge is 2.35. The molecule has 0 radical (unpaired) electrons. The van der Waals surface area contributed by atoms with Gasteiger partial charge in [0, 0.05) is 5.57 Å². The summed E-state index contributed by atoms with van der Waals surface area (Å²) in [6.45, 7) is 4.34. The standard InChI is InChI=1S/C26H25FN2O3/c1-3-4-5-14-32-22-12-8-19(9-13-22)15-23-18(2)24(16-28)26(31)29(25(23)30)17-20-6-10-21(27)11-7-20/h6-13,15H,3-5,14,17H2,1-2H3/b23-15+. The smallest absolute Gasteiger partial charge is 0.271 e. The molecule has 3 rings (SSSR count). The number of benzene rings is 2. The van der Waals surface area contributed by atoms with Crippen LogP contribution in [0.1, 0.15) is 44.2 Å². The number of carbonyl (C=O) groups is 2. The molecule has 0 atom stereocenters. The Morgan fingerprint density at radius 2 is 1.72 bits per heavy atom. The Morgan fingerprint density at radius 1 is 1.03 bits per heavy atom. The topological polar surface area (TPSA) is 70.4 Å². The highest BCUT2D eigenvalue weighted by atomic mass is 19.1. The maximum absolute atomic E-state index is 13.2. The summed E-state index contributed by atoms with van der Waals surface area (Å²) in [6.07, 6.45) is 4.91. The van der Waals surface area contributed by atoms with Gasteiger partial charge in [0.15, 0.2) is 0 Å². The molecule has 0 saturated heterocycles. The van der Waals surface area contributed by atoms with E-state index in [9.17, 15) is 19.2 Å². The Balaban J connectivity index is 1.85. The molecule has 0 aliphatic carbocycles. The van der Waals surface area contributed by atoms with E-state index in [2.05, 4.69) is 6.92 Å². The van der Waals surface area contributed by atoms with E-state index in [-0.39, 0.29) is 17.7 Å². The fraction of sp³-hybridized carbons (Fsp3) is 0.269. The van der Waals surface area contributed by atoms with Gasteiger partial charge in [0.25, 0.3) is 11.8 Å². The minimum absolute atomic E-state index is 0.0434. The van der Waals surface area contributed by atoms with E-state index >= 15 is 0 Å². The average Bonchev–Trinajstić information content (AvgIpc) is 2.80. The van der Waals surface area contributed by atoms with Crippen LogP contribution in [0.4, 0.5) is 4.39 Å². The number of halogens is 1. The number of carbonyl (C=O) groups excluding carboxylic acids is 2. The lowest BCUT2D eigenvalue weighted by Crippen LogP contribution is -2.42. The van der Waals surface area contributed by atoms with Crippen LogP contribution < -0.4 is 4.74 Å². The molecule has 2 amide bonds. The Labute approximate surface area is 187 Å². The molecular weight excluding hydrogens is 407 g/mol. The van der Waals surface area contributed by atoms with Crippen molar-refractivity contribution in [3.05, 3.63) is 82.2 Å². The lowest BCUT2D eigenvalue weighted by molar-refractivity contribution is -0.141. The summed E-state index contributed by atoms with van der Waals surface area (Å²) >= 11 is 0.